The van der Waals surface area contributed by atoms with Crippen molar-refractivity contribution in [2.24, 2.45) is 0 Å². The highest BCUT2D eigenvalue weighted by Crippen LogP contribution is 2.34. The van der Waals surface area contributed by atoms with Crippen LogP contribution in [0.3, 0.4) is 0 Å². The van der Waals surface area contributed by atoms with E-state index in [1.165, 1.54) is 5.57 Å². The Labute approximate surface area is 161 Å². The number of aliphatic carboxylic acids is 1. The number of carbonyl (C=O) groups is 1. The molecule has 4 nitrogen and oxygen atoms in total. The molecule has 0 aliphatic heterocycles. The van der Waals surface area contributed by atoms with Gasteiger partial charge < -0.3 is 14.6 Å². The van der Waals surface area contributed by atoms with Gasteiger partial charge in [0.1, 0.15) is 18.1 Å². The summed E-state index contributed by atoms with van der Waals surface area (Å²) < 4.78 is 11.7. The topological polar surface area (TPSA) is 55.8 Å². The smallest absolute Gasteiger partial charge is 0.328 e. The lowest BCUT2D eigenvalue weighted by molar-refractivity contribution is -0.131. The van der Waals surface area contributed by atoms with Crippen LogP contribution in [0.15, 0.2) is 53.7 Å². The van der Waals surface area contributed by atoms with Gasteiger partial charge in [0.25, 0.3) is 0 Å². The number of rotatable bonds is 8. The summed E-state index contributed by atoms with van der Waals surface area (Å²) in [4.78, 5) is 11.0. The minimum absolute atomic E-state index is 0.444. The van der Waals surface area contributed by atoms with E-state index in [4.69, 9.17) is 14.6 Å². The summed E-state index contributed by atoms with van der Waals surface area (Å²) in [5.74, 6) is 0.417. The van der Waals surface area contributed by atoms with E-state index in [9.17, 15) is 4.79 Å². The fraction of sp³-hybridized carbons (Fsp3) is 0.348. The van der Waals surface area contributed by atoms with Gasteiger partial charge in [-0.05, 0) is 63.3 Å². The van der Waals surface area contributed by atoms with Gasteiger partial charge in [0.05, 0.1) is 7.11 Å². The number of carboxylic acids is 1. The van der Waals surface area contributed by atoms with E-state index < -0.39 is 5.97 Å². The monoisotopic (exact) mass is 368 g/mol. The van der Waals surface area contributed by atoms with Gasteiger partial charge >= 0.3 is 5.97 Å². The van der Waals surface area contributed by atoms with Crippen LogP contribution in [0.25, 0.3) is 6.08 Å². The van der Waals surface area contributed by atoms with Crippen LogP contribution in [-0.4, -0.2) is 24.8 Å². The van der Waals surface area contributed by atoms with Gasteiger partial charge in [-0.2, -0.15) is 0 Å². The van der Waals surface area contributed by atoms with Crippen molar-refractivity contribution in [3.63, 3.8) is 0 Å². The molecule has 0 heterocycles. The lowest BCUT2D eigenvalue weighted by Gasteiger charge is -2.17. The Bertz CT molecular complexity index is 778. The Morgan fingerprint density at radius 1 is 1.26 bits per heavy atom. The van der Waals surface area contributed by atoms with Crippen LogP contribution in [0.2, 0.25) is 0 Å². The number of benzene rings is 1. The van der Waals surface area contributed by atoms with E-state index in [1.54, 1.807) is 13.2 Å². The first kappa shape index (κ1) is 20.6. The molecule has 0 aromatic heterocycles. The third kappa shape index (κ3) is 6.48. The number of ether oxygens (including phenoxy) is 2. The molecule has 0 spiro atoms. The molecule has 1 aromatic carbocycles. The van der Waals surface area contributed by atoms with Gasteiger partial charge in [-0.15, -0.1) is 0 Å². The molecule has 0 bridgehead atoms. The van der Waals surface area contributed by atoms with Gasteiger partial charge in [0.2, 0.25) is 0 Å². The average molecular weight is 368 g/mol. The van der Waals surface area contributed by atoms with Crippen LogP contribution < -0.4 is 9.47 Å². The number of carboxylic acid groups (broad SMARTS) is 1. The third-order valence-corrected chi connectivity index (χ3v) is 4.28. The second kappa shape index (κ2) is 10.4. The predicted octanol–water partition coefficient (Wildman–Crippen LogP) is 5.35. The molecule has 1 aliphatic rings. The van der Waals surface area contributed by atoms with Crippen molar-refractivity contribution in [1.82, 2.24) is 0 Å². The van der Waals surface area contributed by atoms with Crippen molar-refractivity contribution in [2.75, 3.05) is 13.7 Å². The molecule has 1 N–H and O–H groups in total. The molecule has 27 heavy (non-hydrogen) atoms. The standard InChI is InChI=1S/C23H28O4/c1-17(2)10-13-20-21(26-3)14-11-19(12-15-22(24)25)23(20)27-16-18-8-6-4-5-7-9-18/h6,8-12,14-15H,4-5,7,13,16H2,1-3H3,(H,24,25)/b15-12-. The minimum Gasteiger partial charge on any atom is -0.496 e. The Balaban J connectivity index is 2.41. The molecule has 0 radical (unpaired) electrons. The Kier molecular flexibility index (Phi) is 7.93. The van der Waals surface area contributed by atoms with Crippen molar-refractivity contribution in [1.29, 1.82) is 0 Å². The molecule has 144 valence electrons. The first-order valence-electron chi connectivity index (χ1n) is 9.24. The summed E-state index contributed by atoms with van der Waals surface area (Å²) in [6, 6.07) is 3.68. The Morgan fingerprint density at radius 3 is 2.78 bits per heavy atom. The van der Waals surface area contributed by atoms with E-state index >= 15 is 0 Å². The van der Waals surface area contributed by atoms with Gasteiger partial charge in [0.15, 0.2) is 0 Å². The van der Waals surface area contributed by atoms with E-state index in [2.05, 4.69) is 24.3 Å². The summed E-state index contributed by atoms with van der Waals surface area (Å²) in [6.07, 6.45) is 15.2. The van der Waals surface area contributed by atoms with E-state index in [0.717, 1.165) is 47.8 Å². The van der Waals surface area contributed by atoms with Crippen molar-refractivity contribution in [3.05, 3.63) is 64.8 Å². The summed E-state index contributed by atoms with van der Waals surface area (Å²) >= 11 is 0. The molecule has 0 atom stereocenters. The molecule has 1 aliphatic carbocycles. The number of allylic oxidation sites excluding steroid dienone is 4. The molecular formula is C23H28O4. The number of hydrogen-bond acceptors (Lipinski definition) is 3. The van der Waals surface area contributed by atoms with E-state index in [1.807, 2.05) is 26.0 Å². The highest BCUT2D eigenvalue weighted by atomic mass is 16.5. The lowest BCUT2D eigenvalue weighted by Crippen LogP contribution is -2.05. The molecule has 0 saturated carbocycles. The van der Waals surface area contributed by atoms with Crippen LogP contribution in [0.4, 0.5) is 0 Å². The maximum atomic E-state index is 11.0. The lowest BCUT2D eigenvalue weighted by atomic mass is 10.0. The van der Waals surface area contributed by atoms with Crippen molar-refractivity contribution < 1.29 is 19.4 Å². The summed E-state index contributed by atoms with van der Waals surface area (Å²) in [5.41, 5.74) is 3.98. The first-order chi connectivity index (χ1) is 13.0. The highest BCUT2D eigenvalue weighted by molar-refractivity contribution is 5.86. The average Bonchev–Trinajstić information content (AvgIpc) is 2.91. The van der Waals surface area contributed by atoms with Gasteiger partial charge in [-0.3, -0.25) is 0 Å². The van der Waals surface area contributed by atoms with Crippen molar-refractivity contribution in [3.8, 4) is 11.5 Å². The molecule has 0 amide bonds. The van der Waals surface area contributed by atoms with Gasteiger partial charge in [-0.1, -0.05) is 29.9 Å². The Hall–Kier alpha value is -2.75. The summed E-state index contributed by atoms with van der Waals surface area (Å²) in [5, 5.41) is 9.00. The number of methoxy groups -OCH3 is 1. The quantitative estimate of drug-likeness (QED) is 0.496. The molecule has 2 rings (SSSR count). The molecule has 0 saturated heterocycles. The van der Waals surface area contributed by atoms with Crippen LogP contribution in [0.5, 0.6) is 11.5 Å². The maximum Gasteiger partial charge on any atom is 0.328 e. The molecular weight excluding hydrogens is 340 g/mol. The largest absolute Gasteiger partial charge is 0.496 e. The third-order valence-electron chi connectivity index (χ3n) is 4.28. The SMILES string of the molecule is COc1ccc(/C=C\C(=O)O)c(OCC2=CCCCC=C2)c1CC=C(C)C. The zero-order valence-electron chi connectivity index (χ0n) is 16.3. The van der Waals surface area contributed by atoms with Gasteiger partial charge in [0, 0.05) is 17.2 Å². The van der Waals surface area contributed by atoms with Crippen molar-refractivity contribution in [2.45, 2.75) is 39.5 Å². The second-order valence-electron chi connectivity index (χ2n) is 6.72. The molecule has 1 aromatic rings. The maximum absolute atomic E-state index is 11.0. The summed E-state index contributed by atoms with van der Waals surface area (Å²) in [6.45, 7) is 4.53. The van der Waals surface area contributed by atoms with Crippen LogP contribution in [0, 0.1) is 0 Å². The fourth-order valence-corrected chi connectivity index (χ4v) is 2.87. The molecule has 4 heteroatoms. The molecule has 0 unspecified atom stereocenters. The van der Waals surface area contributed by atoms with Crippen LogP contribution in [-0.2, 0) is 11.2 Å². The second-order valence-corrected chi connectivity index (χ2v) is 6.72. The highest BCUT2D eigenvalue weighted by Gasteiger charge is 2.14. The van der Waals surface area contributed by atoms with Gasteiger partial charge in [-0.25, -0.2) is 4.79 Å². The van der Waals surface area contributed by atoms with E-state index in [-0.39, 0.29) is 0 Å². The van der Waals surface area contributed by atoms with Crippen molar-refractivity contribution >= 4 is 12.0 Å². The number of hydrogen-bond donors (Lipinski definition) is 1. The zero-order valence-corrected chi connectivity index (χ0v) is 16.3. The summed E-state index contributed by atoms with van der Waals surface area (Å²) in [7, 11) is 1.63. The van der Waals surface area contributed by atoms with Crippen LogP contribution >= 0.6 is 0 Å². The minimum atomic E-state index is -0.989. The Morgan fingerprint density at radius 2 is 2.07 bits per heavy atom. The van der Waals surface area contributed by atoms with E-state index in [0.29, 0.717) is 18.8 Å². The zero-order chi connectivity index (χ0) is 19.6. The normalized spacial score (nSPS) is 13.8. The fourth-order valence-electron chi connectivity index (χ4n) is 2.87. The van der Waals surface area contributed by atoms with Crippen LogP contribution in [0.1, 0.15) is 44.2 Å². The predicted molar refractivity (Wildman–Crippen MR) is 109 cm³/mol. The first-order valence-corrected chi connectivity index (χ1v) is 9.24. The molecule has 0 fully saturated rings.